The number of hydrogen-bond donors (Lipinski definition) is 3. The fourth-order valence-electron chi connectivity index (χ4n) is 21.2. The minimum absolute atomic E-state index is 0.0139. The van der Waals surface area contributed by atoms with Crippen LogP contribution in [0.25, 0.3) is 11.1 Å². The van der Waals surface area contributed by atoms with Crippen LogP contribution in [0, 0.1) is 5.92 Å². The number of para-hydroxylation sites is 2. The number of nitrogens with zero attached hydrogens (tertiary/aromatic N) is 8. The number of ether oxygens (including phenoxy) is 4. The number of alkyl carbamates (subject to hydrolysis) is 1. The van der Waals surface area contributed by atoms with E-state index < -0.39 is 78.7 Å². The maximum absolute atomic E-state index is 15.0. The fraction of sp³-hybridized carbons (Fsp3) is 0.492. The van der Waals surface area contributed by atoms with Crippen molar-refractivity contribution >= 4 is 47.4 Å². The Labute approximate surface area is 881 Å². The van der Waals surface area contributed by atoms with Crippen LogP contribution in [0.2, 0.25) is 0 Å². The predicted octanol–water partition coefficient (Wildman–Crippen LogP) is 23.4. The van der Waals surface area contributed by atoms with Crippen LogP contribution in [0.15, 0.2) is 249 Å². The third kappa shape index (κ3) is 32.9. The van der Waals surface area contributed by atoms with E-state index in [-0.39, 0.29) is 92.4 Å². The molecule has 7 amide bonds. The number of rotatable bonds is 56. The molecular weight excluding hydrogens is 1920 g/mol. The number of methoxy groups -OCH3 is 1. The largest absolute Gasteiger partial charge is 0.496 e. The standard InChI is InChI=1S/C45H67N3O4.C38H40F8N4O3.C37H46N4O4/c1-48(2,36-22-10-11-23-37-51-38-41-28-18-19-29-43(41)50-3)35-21-9-7-5-4-6-8-20-32-47-33-30-42(31-34-47)52-45(49)46-44(39-24-14-12-15-25-39)40-26-16-13-17-27-40;1-48(20-10-21-50-31(51)29-15-8-9-16-30(29)32(50)52)23-18-34(39,40)37(43,44)38(45,46)35(41,42)19-24-49-22-17-28(25-49)36(33(47)53,26-11-4-2-5-12-26)27-13-6-3-7-14-27;1-41(2,28-14-24-40-35(42)32-18-8-9-19-33(32)36(40)43)27-13-4-3-12-23-39-25-21-30(22-26-39)45-37(44)38-34-20-11-10-17-31(34)29-15-6-5-7-16-29/h12-19,24-29,42,44H,4-11,20-23,30-38H2,1-3H3;2-9,11-16,28H,10,17-25H2,1H3,(H2,47,53);5-11,15-20,30H,3-4,12-14,21-28H2,1-2H3/p+2. The number of halogens is 8. The highest BCUT2D eigenvalue weighted by Crippen LogP contribution is 2.55. The van der Waals surface area contributed by atoms with Crippen LogP contribution in [0.4, 0.5) is 50.4 Å². The molecule has 4 N–H and O–H groups in total. The highest BCUT2D eigenvalue weighted by molar-refractivity contribution is 6.22. The van der Waals surface area contributed by atoms with Crippen molar-refractivity contribution in [2.75, 3.05) is 166 Å². The molecule has 30 heteroatoms. The molecule has 5 aliphatic rings. The van der Waals surface area contributed by atoms with Gasteiger partial charge in [0.2, 0.25) is 5.91 Å². The molecule has 0 spiro atoms. The predicted molar refractivity (Wildman–Crippen MR) is 572 cm³/mol. The first-order valence-corrected chi connectivity index (χ1v) is 53.8. The molecule has 1 atom stereocenters. The van der Waals surface area contributed by atoms with Crippen LogP contribution in [-0.4, -0.2) is 276 Å². The molecule has 0 saturated carbocycles. The quantitative estimate of drug-likeness (QED) is 0.0139. The first-order valence-electron chi connectivity index (χ1n) is 53.8. The Morgan fingerprint density at radius 1 is 0.407 bits per heavy atom. The Morgan fingerprint density at radius 2 is 0.787 bits per heavy atom. The van der Waals surface area contributed by atoms with Crippen molar-refractivity contribution in [1.82, 2.24) is 34.7 Å². The number of imide groups is 2. The summed E-state index contributed by atoms with van der Waals surface area (Å²) in [7, 11) is 12.2. The summed E-state index contributed by atoms with van der Waals surface area (Å²) in [4.78, 5) is 98.8. The summed E-state index contributed by atoms with van der Waals surface area (Å²) >= 11 is 0. The number of likely N-dealkylation sites (tertiary alicyclic amines) is 3. The molecule has 5 aliphatic heterocycles. The van der Waals surface area contributed by atoms with Crippen LogP contribution >= 0.6 is 0 Å². The number of carbonyl (C=O) groups excluding carboxylic acids is 7. The van der Waals surface area contributed by atoms with Crippen molar-refractivity contribution in [2.45, 2.75) is 214 Å². The molecule has 9 aromatic rings. The molecule has 0 radical (unpaired) electrons. The topological polar surface area (TPSA) is 226 Å². The number of carbonyl (C=O) groups is 7. The van der Waals surface area contributed by atoms with E-state index in [1.54, 1.807) is 92.0 Å². The molecule has 22 nitrogen and oxygen atoms in total. The summed E-state index contributed by atoms with van der Waals surface area (Å²) in [5.41, 5.74) is 13.1. The van der Waals surface area contributed by atoms with E-state index in [4.69, 9.17) is 24.7 Å². The van der Waals surface area contributed by atoms with Gasteiger partial charge in [-0.3, -0.25) is 39.1 Å². The van der Waals surface area contributed by atoms with E-state index in [0.29, 0.717) is 35.4 Å². The van der Waals surface area contributed by atoms with Gasteiger partial charge in [-0.25, -0.2) is 9.59 Å². The highest BCUT2D eigenvalue weighted by Gasteiger charge is 2.80. The minimum atomic E-state index is -6.42. The molecule has 1 unspecified atom stereocenters. The summed E-state index contributed by atoms with van der Waals surface area (Å²) in [5.74, 6) is -25.8. The zero-order valence-electron chi connectivity index (χ0n) is 88.3. The van der Waals surface area contributed by atoms with Crippen LogP contribution in [-0.2, 0) is 31.0 Å². The number of primary amides is 1. The Kier molecular flexibility index (Phi) is 44.5. The monoisotopic (exact) mass is 2080 g/mol. The van der Waals surface area contributed by atoms with E-state index in [1.807, 2.05) is 146 Å². The lowest BCUT2D eigenvalue weighted by molar-refractivity contribution is -0.890. The number of amides is 7. The zero-order valence-corrected chi connectivity index (χ0v) is 88.3. The van der Waals surface area contributed by atoms with Crippen molar-refractivity contribution in [3.63, 3.8) is 0 Å². The van der Waals surface area contributed by atoms with E-state index in [2.05, 4.69) is 54.7 Å². The Balaban J connectivity index is 0.000000200. The summed E-state index contributed by atoms with van der Waals surface area (Å²) < 4.78 is 144. The van der Waals surface area contributed by atoms with Gasteiger partial charge in [-0.15, -0.1) is 0 Å². The molecular formula is C120H155F8N11O11+2. The van der Waals surface area contributed by atoms with E-state index >= 15 is 8.78 Å². The fourth-order valence-corrected chi connectivity index (χ4v) is 21.2. The molecule has 810 valence electrons. The number of anilines is 1. The number of unbranched alkanes of at least 4 members (excludes halogenated alkanes) is 13. The van der Waals surface area contributed by atoms with Gasteiger partial charge in [-0.05, 0) is 200 Å². The van der Waals surface area contributed by atoms with Gasteiger partial charge >= 0.3 is 35.9 Å². The van der Waals surface area contributed by atoms with Crippen LogP contribution in [0.3, 0.4) is 0 Å². The van der Waals surface area contributed by atoms with Gasteiger partial charge in [0, 0.05) is 95.9 Å². The number of nitrogens with one attached hydrogen (secondary N) is 2. The van der Waals surface area contributed by atoms with Gasteiger partial charge in [-0.2, -0.15) is 35.1 Å². The van der Waals surface area contributed by atoms with Gasteiger partial charge in [0.1, 0.15) is 23.4 Å². The Hall–Kier alpha value is -11.8. The van der Waals surface area contributed by atoms with E-state index in [0.717, 1.165) is 156 Å². The Morgan fingerprint density at radius 3 is 1.25 bits per heavy atom. The Bertz CT molecular complexity index is 5540. The second-order valence-electron chi connectivity index (χ2n) is 42.0. The summed E-state index contributed by atoms with van der Waals surface area (Å²) in [6.45, 7) is 10.7. The molecule has 14 rings (SSSR count). The number of fused-ring (bicyclic) bond motifs is 2. The van der Waals surface area contributed by atoms with Crippen LogP contribution in [0.1, 0.15) is 236 Å². The molecule has 3 fully saturated rings. The zero-order chi connectivity index (χ0) is 107. The number of alkyl halides is 8. The average molecular weight is 2080 g/mol. The second-order valence-corrected chi connectivity index (χ2v) is 42.0. The summed E-state index contributed by atoms with van der Waals surface area (Å²) in [6, 6.07) is 76.1. The van der Waals surface area contributed by atoms with Crippen molar-refractivity contribution < 1.29 is 96.6 Å². The van der Waals surface area contributed by atoms with Crippen molar-refractivity contribution in [3.8, 4) is 16.9 Å². The average Bonchev–Trinajstić information content (AvgIpc) is 1.18. The summed E-state index contributed by atoms with van der Waals surface area (Å²) in [6.07, 6.45) is 20.5. The first kappa shape index (κ1) is 117. The number of piperidine rings is 2. The second kappa shape index (κ2) is 57.1. The smallest absolute Gasteiger partial charge is 0.411 e. The van der Waals surface area contributed by atoms with E-state index in [9.17, 15) is 59.9 Å². The first-order chi connectivity index (χ1) is 72.1. The highest BCUT2D eigenvalue weighted by atomic mass is 19.4. The lowest BCUT2D eigenvalue weighted by Gasteiger charge is -2.38. The van der Waals surface area contributed by atoms with Crippen molar-refractivity contribution in [2.24, 2.45) is 11.7 Å². The molecule has 9 aromatic carbocycles. The number of nitrogens with two attached hydrogens (primary N) is 1. The summed E-state index contributed by atoms with van der Waals surface area (Å²) in [5, 5.41) is 6.08. The molecule has 0 aromatic heterocycles. The van der Waals surface area contributed by atoms with Gasteiger partial charge in [0.25, 0.3) is 23.6 Å². The number of benzene rings is 9. The molecule has 5 heterocycles. The van der Waals surface area contributed by atoms with Crippen molar-refractivity contribution in [1.29, 1.82) is 0 Å². The normalized spacial score (nSPS) is 15.8. The molecule has 0 aliphatic carbocycles. The van der Waals surface area contributed by atoms with Gasteiger partial charge in [0.15, 0.2) is 0 Å². The van der Waals surface area contributed by atoms with Gasteiger partial charge in [0.05, 0.1) is 102 Å². The van der Waals surface area contributed by atoms with Gasteiger partial charge in [-0.1, -0.05) is 257 Å². The van der Waals surface area contributed by atoms with Gasteiger partial charge < -0.3 is 58.6 Å². The maximum Gasteiger partial charge on any atom is 0.411 e. The minimum Gasteiger partial charge on any atom is -0.496 e. The molecule has 150 heavy (non-hydrogen) atoms. The van der Waals surface area contributed by atoms with Crippen LogP contribution < -0.4 is 21.1 Å². The van der Waals surface area contributed by atoms with E-state index in [1.165, 1.54) is 138 Å². The van der Waals surface area contributed by atoms with Crippen molar-refractivity contribution in [3.05, 3.63) is 299 Å². The SMILES string of the molecule is CN(CCCN1C(=O)c2ccccc2C1=O)CCC(F)(F)C(F)(F)C(F)(F)C(F)(F)CCN1CCC(C(C(N)=O)(c2ccccc2)c2ccccc2)C1.COc1ccccc1COCCCCCC[N+](C)(C)CCCCCCCCCCN1CCC(OC(=O)NC(c2ccccc2)c2ccccc2)CC1.C[N+](C)(CCCCCCN1CCC(OC(=O)Nc2ccccc2-c2ccccc2)CC1)CCCN1C(=O)c2ccccc2C1=O. The molecule has 3 saturated heterocycles. The third-order valence-electron chi connectivity index (χ3n) is 30.0. The number of quaternary nitrogens is 2. The number of hydrogen-bond acceptors (Lipinski definition) is 15. The molecule has 0 bridgehead atoms. The lowest BCUT2D eigenvalue weighted by Crippen LogP contribution is -2.63. The third-order valence-corrected chi connectivity index (χ3v) is 30.0. The van der Waals surface area contributed by atoms with Crippen LogP contribution in [0.5, 0.6) is 5.75 Å². The lowest BCUT2D eigenvalue weighted by atomic mass is 9.64. The maximum atomic E-state index is 15.0.